The molecule has 0 radical (unpaired) electrons. The van der Waals surface area contributed by atoms with Crippen LogP contribution < -0.4 is 0 Å². The van der Waals surface area contributed by atoms with E-state index in [1.165, 1.54) is 0 Å². The quantitative estimate of drug-likeness (QED) is 0.416. The first kappa shape index (κ1) is 13.7. The van der Waals surface area contributed by atoms with Crippen LogP contribution in [0.5, 0.6) is 0 Å². The van der Waals surface area contributed by atoms with E-state index in [0.29, 0.717) is 12.2 Å². The van der Waals surface area contributed by atoms with Gasteiger partial charge in [-0.1, -0.05) is 22.0 Å². The van der Waals surface area contributed by atoms with Gasteiger partial charge in [0.25, 0.3) is 0 Å². The van der Waals surface area contributed by atoms with Gasteiger partial charge >= 0.3 is 5.97 Å². The first-order valence-corrected chi connectivity index (χ1v) is 5.74. The lowest BCUT2D eigenvalue weighted by Crippen LogP contribution is -2.20. The number of allylic oxidation sites excluding steroid dienone is 1. The number of nitrogens with zero attached hydrogens (tertiary/aromatic N) is 1. The highest BCUT2D eigenvalue weighted by molar-refractivity contribution is 9.09. The summed E-state index contributed by atoms with van der Waals surface area (Å²) in [6.07, 6.45) is 2.74. The number of ether oxygens (including phenoxy) is 1. The van der Waals surface area contributed by atoms with Crippen molar-refractivity contribution in [3.05, 3.63) is 11.6 Å². The third kappa shape index (κ3) is 7.09. The van der Waals surface area contributed by atoms with E-state index in [1.54, 1.807) is 6.92 Å². The molecule has 82 valence electrons. The molecule has 0 heterocycles. The van der Waals surface area contributed by atoms with E-state index in [2.05, 4.69) is 15.9 Å². The second-order valence-corrected chi connectivity index (χ2v) is 4.10. The molecule has 14 heavy (non-hydrogen) atoms. The molecule has 0 rings (SSSR count). The number of hydrogen-bond donors (Lipinski definition) is 0. The second-order valence-electron chi connectivity index (χ2n) is 3.30. The predicted molar refractivity (Wildman–Crippen MR) is 61.7 cm³/mol. The van der Waals surface area contributed by atoms with Crippen LogP contribution in [0, 0.1) is 0 Å². The number of esters is 1. The number of likely N-dealkylation sites (N-methyl/N-ethyl adjacent to an activating group) is 1. The third-order valence-electron chi connectivity index (χ3n) is 1.65. The van der Waals surface area contributed by atoms with E-state index in [0.717, 1.165) is 18.3 Å². The Labute approximate surface area is 94.2 Å². The fourth-order valence-electron chi connectivity index (χ4n) is 0.789. The maximum Gasteiger partial charge on any atom is 0.333 e. The summed E-state index contributed by atoms with van der Waals surface area (Å²) in [5.41, 5.74) is 0.684. The number of carbonyl (C=O) groups is 1. The van der Waals surface area contributed by atoms with Crippen LogP contribution in [-0.4, -0.2) is 43.4 Å². The van der Waals surface area contributed by atoms with E-state index < -0.39 is 0 Å². The second kappa shape index (κ2) is 8.00. The lowest BCUT2D eigenvalue weighted by Gasteiger charge is -2.09. The number of hydrogen-bond acceptors (Lipinski definition) is 3. The van der Waals surface area contributed by atoms with Crippen LogP contribution in [0.2, 0.25) is 0 Å². The molecule has 0 aliphatic heterocycles. The van der Waals surface area contributed by atoms with Crippen LogP contribution in [0.15, 0.2) is 11.6 Å². The van der Waals surface area contributed by atoms with Gasteiger partial charge in [-0.25, -0.2) is 4.79 Å². The molecule has 0 fully saturated rings. The van der Waals surface area contributed by atoms with Gasteiger partial charge in [-0.3, -0.25) is 0 Å². The fraction of sp³-hybridized carbons (Fsp3) is 0.700. The first-order chi connectivity index (χ1) is 6.57. The van der Waals surface area contributed by atoms with E-state index >= 15 is 0 Å². The zero-order valence-corrected chi connectivity index (χ0v) is 10.6. The first-order valence-electron chi connectivity index (χ1n) is 4.62. The Kier molecular flexibility index (Phi) is 7.80. The van der Waals surface area contributed by atoms with Crippen LogP contribution in [0.3, 0.4) is 0 Å². The molecule has 0 aromatic heterocycles. The van der Waals surface area contributed by atoms with Gasteiger partial charge < -0.3 is 9.64 Å². The Morgan fingerprint density at radius 2 is 2.14 bits per heavy atom. The monoisotopic (exact) mass is 263 g/mol. The van der Waals surface area contributed by atoms with Crippen molar-refractivity contribution < 1.29 is 9.53 Å². The van der Waals surface area contributed by atoms with Crippen molar-refractivity contribution in [1.82, 2.24) is 4.90 Å². The smallest absolute Gasteiger partial charge is 0.333 e. The zero-order valence-electron chi connectivity index (χ0n) is 9.05. The summed E-state index contributed by atoms with van der Waals surface area (Å²) in [4.78, 5) is 13.3. The Hall–Kier alpha value is -0.350. The van der Waals surface area contributed by atoms with E-state index in [1.807, 2.05) is 25.1 Å². The largest absolute Gasteiger partial charge is 0.461 e. The highest BCUT2D eigenvalue weighted by Crippen LogP contribution is 2.00. The molecule has 0 unspecified atom stereocenters. The van der Waals surface area contributed by atoms with Crippen molar-refractivity contribution in [2.75, 3.05) is 32.6 Å². The molecule has 0 spiro atoms. The summed E-state index contributed by atoms with van der Waals surface area (Å²) >= 11 is 3.30. The van der Waals surface area contributed by atoms with Gasteiger partial charge in [0, 0.05) is 17.4 Å². The Morgan fingerprint density at radius 1 is 1.50 bits per heavy atom. The van der Waals surface area contributed by atoms with Crippen molar-refractivity contribution in [2.45, 2.75) is 13.3 Å². The molecule has 0 saturated carbocycles. The molecule has 0 N–H and O–H groups in total. The number of rotatable bonds is 6. The van der Waals surface area contributed by atoms with Crippen LogP contribution in [0.4, 0.5) is 0 Å². The van der Waals surface area contributed by atoms with Gasteiger partial charge in [0.05, 0.1) is 0 Å². The number of alkyl halides is 1. The summed E-state index contributed by atoms with van der Waals surface area (Å²) in [6.45, 7) is 2.99. The lowest BCUT2D eigenvalue weighted by molar-refractivity contribution is -0.139. The summed E-state index contributed by atoms with van der Waals surface area (Å²) < 4.78 is 5.05. The van der Waals surface area contributed by atoms with E-state index in [4.69, 9.17) is 4.74 Å². The van der Waals surface area contributed by atoms with Crippen LogP contribution in [0.25, 0.3) is 0 Å². The van der Waals surface area contributed by atoms with Crippen molar-refractivity contribution in [3.63, 3.8) is 0 Å². The molecule has 0 saturated heterocycles. The molecule has 0 bridgehead atoms. The Morgan fingerprint density at radius 3 is 2.64 bits per heavy atom. The van der Waals surface area contributed by atoms with E-state index in [9.17, 15) is 4.79 Å². The molecule has 3 nitrogen and oxygen atoms in total. The maximum absolute atomic E-state index is 11.3. The zero-order chi connectivity index (χ0) is 11.0. The van der Waals surface area contributed by atoms with Crippen molar-refractivity contribution in [1.29, 1.82) is 0 Å². The van der Waals surface area contributed by atoms with Crippen molar-refractivity contribution in [3.8, 4) is 0 Å². The number of carbonyl (C=O) groups excluding carboxylic acids is 1. The average molecular weight is 264 g/mol. The molecule has 0 aliphatic rings. The molecular weight excluding hydrogens is 246 g/mol. The van der Waals surface area contributed by atoms with Crippen molar-refractivity contribution >= 4 is 21.9 Å². The molecule has 0 amide bonds. The van der Waals surface area contributed by atoms with Gasteiger partial charge in [0.1, 0.15) is 6.61 Å². The van der Waals surface area contributed by atoms with Gasteiger partial charge in [-0.15, -0.1) is 0 Å². The minimum Gasteiger partial charge on any atom is -0.461 e. The Balaban J connectivity index is 3.73. The van der Waals surface area contributed by atoms with Gasteiger partial charge in [-0.2, -0.15) is 0 Å². The molecular formula is C10H18BrNO2. The molecule has 4 heteroatoms. The van der Waals surface area contributed by atoms with Crippen LogP contribution in [-0.2, 0) is 9.53 Å². The maximum atomic E-state index is 11.3. The van der Waals surface area contributed by atoms with Gasteiger partial charge in [0.2, 0.25) is 0 Å². The van der Waals surface area contributed by atoms with E-state index in [-0.39, 0.29) is 5.97 Å². The molecule has 0 aliphatic carbocycles. The topological polar surface area (TPSA) is 29.5 Å². The normalized spacial score (nSPS) is 11.9. The standard InChI is InChI=1S/C10H18BrNO2/c1-9(5-4-6-11)10(13)14-8-7-12(2)3/h5H,4,6-8H2,1-3H3. The highest BCUT2D eigenvalue weighted by Gasteiger charge is 2.04. The van der Waals surface area contributed by atoms with Gasteiger partial charge in [-0.05, 0) is 27.4 Å². The van der Waals surface area contributed by atoms with Crippen LogP contribution in [0.1, 0.15) is 13.3 Å². The summed E-state index contributed by atoms with van der Waals surface area (Å²) in [5.74, 6) is -0.215. The molecule has 0 aromatic carbocycles. The predicted octanol–water partition coefficient (Wildman–Crippen LogP) is 1.82. The highest BCUT2D eigenvalue weighted by atomic mass is 79.9. The SMILES string of the molecule is CC(=CCCBr)C(=O)OCCN(C)C. The third-order valence-corrected chi connectivity index (χ3v) is 2.11. The minimum absolute atomic E-state index is 0.215. The Bertz CT molecular complexity index is 202. The van der Waals surface area contributed by atoms with Crippen molar-refractivity contribution in [2.24, 2.45) is 0 Å². The molecule has 0 aromatic rings. The lowest BCUT2D eigenvalue weighted by atomic mass is 10.2. The molecule has 0 atom stereocenters. The fourth-order valence-corrected chi connectivity index (χ4v) is 1.02. The van der Waals surface area contributed by atoms with Crippen LogP contribution >= 0.6 is 15.9 Å². The minimum atomic E-state index is -0.215. The average Bonchev–Trinajstić information content (AvgIpc) is 2.13. The summed E-state index contributed by atoms with van der Waals surface area (Å²) in [5, 5.41) is 0.870. The number of halogens is 1. The van der Waals surface area contributed by atoms with Gasteiger partial charge in [0.15, 0.2) is 0 Å². The summed E-state index contributed by atoms with van der Waals surface area (Å²) in [7, 11) is 3.89. The summed E-state index contributed by atoms with van der Waals surface area (Å²) in [6, 6.07) is 0.